The summed E-state index contributed by atoms with van der Waals surface area (Å²) in [5, 5.41) is 0. The number of ether oxygens (including phenoxy) is 1. The van der Waals surface area contributed by atoms with Gasteiger partial charge in [-0.1, -0.05) is 35.0 Å². The quantitative estimate of drug-likeness (QED) is 0.924. The van der Waals surface area contributed by atoms with E-state index in [9.17, 15) is 0 Å². The van der Waals surface area contributed by atoms with E-state index in [1.165, 1.54) is 5.56 Å². The minimum absolute atomic E-state index is 0.282. The van der Waals surface area contributed by atoms with Crippen molar-refractivity contribution in [1.29, 1.82) is 0 Å². The van der Waals surface area contributed by atoms with E-state index in [0.29, 0.717) is 12.6 Å². The minimum Gasteiger partial charge on any atom is -0.376 e. The standard InChI is InChI=1S/C15H23BrN2O/c1-3-14-10-19-11(2)9-18(14)15(8-17)12-4-6-13(16)7-5-12/h4-7,11,14-15H,3,8-10,17H2,1-2H3. The molecule has 3 unspecified atom stereocenters. The molecule has 19 heavy (non-hydrogen) atoms. The first-order valence-electron chi connectivity index (χ1n) is 6.98. The van der Waals surface area contributed by atoms with Crippen LogP contribution in [0.5, 0.6) is 0 Å². The topological polar surface area (TPSA) is 38.5 Å². The van der Waals surface area contributed by atoms with Crippen LogP contribution in [0, 0.1) is 0 Å². The normalized spacial score (nSPS) is 26.3. The van der Waals surface area contributed by atoms with Gasteiger partial charge in [0.1, 0.15) is 0 Å². The average molecular weight is 327 g/mol. The van der Waals surface area contributed by atoms with Crippen molar-refractivity contribution in [3.8, 4) is 0 Å². The van der Waals surface area contributed by atoms with Crippen molar-refractivity contribution in [2.75, 3.05) is 19.7 Å². The molecule has 106 valence electrons. The van der Waals surface area contributed by atoms with Crippen molar-refractivity contribution in [3.63, 3.8) is 0 Å². The van der Waals surface area contributed by atoms with E-state index in [1.807, 2.05) is 0 Å². The number of nitrogens with zero attached hydrogens (tertiary/aromatic N) is 1. The predicted octanol–water partition coefficient (Wildman–Crippen LogP) is 2.95. The lowest BCUT2D eigenvalue weighted by atomic mass is 10.0. The van der Waals surface area contributed by atoms with E-state index in [0.717, 1.165) is 24.0 Å². The van der Waals surface area contributed by atoms with Crippen LogP contribution in [0.4, 0.5) is 0 Å². The zero-order valence-corrected chi connectivity index (χ0v) is 13.3. The van der Waals surface area contributed by atoms with Gasteiger partial charge < -0.3 is 10.5 Å². The van der Waals surface area contributed by atoms with Crippen LogP contribution in [-0.4, -0.2) is 36.7 Å². The third kappa shape index (κ3) is 3.57. The van der Waals surface area contributed by atoms with Gasteiger partial charge in [0.2, 0.25) is 0 Å². The molecule has 0 radical (unpaired) electrons. The molecule has 1 aromatic carbocycles. The maximum atomic E-state index is 6.04. The average Bonchev–Trinajstić information content (AvgIpc) is 2.42. The number of nitrogens with two attached hydrogens (primary N) is 1. The third-order valence-corrected chi connectivity index (χ3v) is 4.39. The molecule has 0 spiro atoms. The van der Waals surface area contributed by atoms with Gasteiger partial charge in [-0.3, -0.25) is 4.90 Å². The number of rotatable bonds is 4. The highest BCUT2D eigenvalue weighted by Gasteiger charge is 2.31. The van der Waals surface area contributed by atoms with Gasteiger partial charge in [-0.05, 0) is 31.0 Å². The lowest BCUT2D eigenvalue weighted by Crippen LogP contribution is -2.51. The second kappa shape index (κ2) is 6.84. The molecule has 2 rings (SSSR count). The van der Waals surface area contributed by atoms with Crippen LogP contribution in [0.1, 0.15) is 31.9 Å². The highest BCUT2D eigenvalue weighted by atomic mass is 79.9. The van der Waals surface area contributed by atoms with Crippen molar-refractivity contribution in [3.05, 3.63) is 34.3 Å². The van der Waals surface area contributed by atoms with Gasteiger partial charge >= 0.3 is 0 Å². The van der Waals surface area contributed by atoms with Crippen LogP contribution in [0.25, 0.3) is 0 Å². The SMILES string of the molecule is CCC1COC(C)CN1C(CN)c1ccc(Br)cc1. The van der Waals surface area contributed by atoms with Gasteiger partial charge in [-0.15, -0.1) is 0 Å². The molecule has 0 saturated carbocycles. The van der Waals surface area contributed by atoms with E-state index < -0.39 is 0 Å². The molecule has 3 nitrogen and oxygen atoms in total. The van der Waals surface area contributed by atoms with Gasteiger partial charge in [0.25, 0.3) is 0 Å². The van der Waals surface area contributed by atoms with Gasteiger partial charge in [0.15, 0.2) is 0 Å². The molecular weight excluding hydrogens is 304 g/mol. The fourth-order valence-electron chi connectivity index (χ4n) is 2.75. The zero-order valence-electron chi connectivity index (χ0n) is 11.7. The molecule has 0 aliphatic carbocycles. The van der Waals surface area contributed by atoms with E-state index >= 15 is 0 Å². The summed E-state index contributed by atoms with van der Waals surface area (Å²) in [6, 6.07) is 9.24. The van der Waals surface area contributed by atoms with Crippen molar-refractivity contribution in [1.82, 2.24) is 4.90 Å². The lowest BCUT2D eigenvalue weighted by molar-refractivity contribution is -0.0719. The highest BCUT2D eigenvalue weighted by Crippen LogP contribution is 2.27. The van der Waals surface area contributed by atoms with Crippen molar-refractivity contribution < 1.29 is 4.74 Å². The molecule has 1 heterocycles. The van der Waals surface area contributed by atoms with Gasteiger partial charge in [0, 0.05) is 29.6 Å². The molecule has 1 aliphatic rings. The van der Waals surface area contributed by atoms with Gasteiger partial charge in [-0.25, -0.2) is 0 Å². The van der Waals surface area contributed by atoms with Crippen LogP contribution < -0.4 is 5.73 Å². The lowest BCUT2D eigenvalue weighted by Gasteiger charge is -2.43. The summed E-state index contributed by atoms with van der Waals surface area (Å²) < 4.78 is 6.88. The minimum atomic E-state index is 0.282. The fourth-order valence-corrected chi connectivity index (χ4v) is 3.02. The summed E-state index contributed by atoms with van der Waals surface area (Å²) in [6.07, 6.45) is 1.38. The van der Waals surface area contributed by atoms with Crippen LogP contribution in [0.3, 0.4) is 0 Å². The second-order valence-corrected chi connectivity index (χ2v) is 6.12. The molecule has 0 aromatic heterocycles. The summed E-state index contributed by atoms with van der Waals surface area (Å²) in [5.74, 6) is 0. The highest BCUT2D eigenvalue weighted by molar-refractivity contribution is 9.10. The molecule has 4 heteroatoms. The maximum Gasteiger partial charge on any atom is 0.0675 e. The molecule has 3 atom stereocenters. The second-order valence-electron chi connectivity index (χ2n) is 5.21. The summed E-state index contributed by atoms with van der Waals surface area (Å²) in [6.45, 7) is 6.76. The maximum absolute atomic E-state index is 6.04. The summed E-state index contributed by atoms with van der Waals surface area (Å²) in [5.41, 5.74) is 7.33. The Morgan fingerprint density at radius 3 is 2.68 bits per heavy atom. The Balaban J connectivity index is 2.21. The summed E-state index contributed by atoms with van der Waals surface area (Å²) in [4.78, 5) is 2.51. The Morgan fingerprint density at radius 2 is 2.11 bits per heavy atom. The van der Waals surface area contributed by atoms with E-state index in [1.54, 1.807) is 0 Å². The van der Waals surface area contributed by atoms with Crippen molar-refractivity contribution in [2.45, 2.75) is 38.5 Å². The Kier molecular flexibility index (Phi) is 5.39. The number of hydrogen-bond donors (Lipinski definition) is 1. The van der Waals surface area contributed by atoms with Crippen LogP contribution >= 0.6 is 15.9 Å². The number of halogens is 1. The van der Waals surface area contributed by atoms with Crippen LogP contribution in [0.15, 0.2) is 28.7 Å². The van der Waals surface area contributed by atoms with Crippen molar-refractivity contribution >= 4 is 15.9 Å². The number of hydrogen-bond acceptors (Lipinski definition) is 3. The smallest absolute Gasteiger partial charge is 0.0675 e. The first-order valence-corrected chi connectivity index (χ1v) is 7.77. The summed E-state index contributed by atoms with van der Waals surface area (Å²) in [7, 11) is 0. The molecule has 2 N–H and O–H groups in total. The molecule has 1 saturated heterocycles. The van der Waals surface area contributed by atoms with Crippen LogP contribution in [0.2, 0.25) is 0 Å². The van der Waals surface area contributed by atoms with Crippen molar-refractivity contribution in [2.24, 2.45) is 5.73 Å². The number of morpholine rings is 1. The molecule has 0 bridgehead atoms. The zero-order chi connectivity index (χ0) is 13.8. The predicted molar refractivity (Wildman–Crippen MR) is 82.1 cm³/mol. The third-order valence-electron chi connectivity index (χ3n) is 3.86. The molecule has 1 aromatic rings. The van der Waals surface area contributed by atoms with E-state index in [-0.39, 0.29) is 12.1 Å². The van der Waals surface area contributed by atoms with E-state index in [4.69, 9.17) is 10.5 Å². The Labute approximate surface area is 124 Å². The fraction of sp³-hybridized carbons (Fsp3) is 0.600. The molecule has 1 aliphatic heterocycles. The van der Waals surface area contributed by atoms with Crippen LogP contribution in [-0.2, 0) is 4.74 Å². The summed E-state index contributed by atoms with van der Waals surface area (Å²) >= 11 is 3.48. The largest absolute Gasteiger partial charge is 0.376 e. The van der Waals surface area contributed by atoms with E-state index in [2.05, 4.69) is 58.9 Å². The Hall–Kier alpha value is -0.420. The van der Waals surface area contributed by atoms with Gasteiger partial charge in [-0.2, -0.15) is 0 Å². The molecule has 1 fully saturated rings. The number of benzene rings is 1. The molecule has 0 amide bonds. The first-order chi connectivity index (χ1) is 9.15. The molecular formula is C15H23BrN2O. The van der Waals surface area contributed by atoms with Gasteiger partial charge in [0.05, 0.1) is 12.7 Å². The monoisotopic (exact) mass is 326 g/mol. The Bertz CT molecular complexity index is 396. The first kappa shape index (κ1) is 15.0. The Morgan fingerprint density at radius 1 is 1.42 bits per heavy atom.